The molecule has 3 heterocycles. The van der Waals surface area contributed by atoms with E-state index in [9.17, 15) is 18.8 Å². The molecule has 5 N–H and O–H groups in total. The predicted octanol–water partition coefficient (Wildman–Crippen LogP) is 1.54. The third-order valence-electron chi connectivity index (χ3n) is 4.61. The molecule has 0 aliphatic carbocycles. The van der Waals surface area contributed by atoms with Crippen molar-refractivity contribution in [3.8, 4) is 11.8 Å². The van der Waals surface area contributed by atoms with Crippen LogP contribution in [0.15, 0.2) is 41.5 Å². The van der Waals surface area contributed by atoms with Crippen molar-refractivity contribution in [1.29, 1.82) is 5.26 Å². The third kappa shape index (κ3) is 3.63. The van der Waals surface area contributed by atoms with Crippen molar-refractivity contribution in [3.05, 3.63) is 70.0 Å². The summed E-state index contributed by atoms with van der Waals surface area (Å²) in [6.45, 7) is 0.111. The van der Waals surface area contributed by atoms with Crippen LogP contribution in [0.1, 0.15) is 11.4 Å². The number of pyridine rings is 1. The zero-order chi connectivity index (χ0) is 22.8. The van der Waals surface area contributed by atoms with Crippen LogP contribution in [0.2, 0.25) is 0 Å². The second kappa shape index (κ2) is 8.23. The van der Waals surface area contributed by atoms with E-state index < -0.39 is 22.6 Å². The predicted molar refractivity (Wildman–Crippen MR) is 113 cm³/mol. The lowest BCUT2D eigenvalue weighted by molar-refractivity contribution is 0.610. The minimum Gasteiger partial charge on any atom is -0.382 e. The van der Waals surface area contributed by atoms with E-state index >= 15 is 0 Å². The van der Waals surface area contributed by atoms with Crippen LogP contribution < -0.4 is 22.3 Å². The molecule has 0 saturated heterocycles. The fourth-order valence-electron chi connectivity index (χ4n) is 3.21. The number of hydrogen-bond acceptors (Lipinski definition) is 9. The summed E-state index contributed by atoms with van der Waals surface area (Å²) in [5, 5.41) is 11.7. The fourth-order valence-corrected chi connectivity index (χ4v) is 3.21. The molecule has 0 radical (unpaired) electrons. The van der Waals surface area contributed by atoms with Gasteiger partial charge in [-0.1, -0.05) is 0 Å². The van der Waals surface area contributed by atoms with Crippen LogP contribution in [0.25, 0.3) is 16.6 Å². The molecular weight excluding hydrogens is 420 g/mol. The monoisotopic (exact) mass is 435 g/mol. The Kier molecular flexibility index (Phi) is 5.30. The van der Waals surface area contributed by atoms with Gasteiger partial charge in [-0.15, -0.1) is 0 Å². The van der Waals surface area contributed by atoms with Gasteiger partial charge in [-0.25, -0.2) is 13.8 Å². The van der Waals surface area contributed by atoms with Gasteiger partial charge in [0.05, 0.1) is 11.9 Å². The highest BCUT2D eigenvalue weighted by molar-refractivity contribution is 5.79. The molecule has 160 valence electrons. The van der Waals surface area contributed by atoms with Gasteiger partial charge in [0.2, 0.25) is 5.95 Å². The smallest absolute Gasteiger partial charge is 0.269 e. The third-order valence-corrected chi connectivity index (χ3v) is 4.61. The van der Waals surface area contributed by atoms with Crippen molar-refractivity contribution in [3.63, 3.8) is 0 Å². The molecule has 4 aromatic rings. The van der Waals surface area contributed by atoms with E-state index in [2.05, 4.69) is 25.3 Å². The number of halogens is 2. The minimum absolute atomic E-state index is 0.00318. The molecule has 0 unspecified atom stereocenters. The Balaban J connectivity index is 1.78. The number of fused-ring (bicyclic) bond motifs is 1. The first-order valence-electron chi connectivity index (χ1n) is 9.27. The Morgan fingerprint density at radius 2 is 1.91 bits per heavy atom. The van der Waals surface area contributed by atoms with Gasteiger partial charge in [0.1, 0.15) is 45.8 Å². The summed E-state index contributed by atoms with van der Waals surface area (Å²) < 4.78 is 29.9. The summed E-state index contributed by atoms with van der Waals surface area (Å²) in [5.74, 6) is -1.68. The van der Waals surface area contributed by atoms with Gasteiger partial charge in [0.25, 0.3) is 5.56 Å². The Bertz CT molecular complexity index is 1430. The second-order valence-electron chi connectivity index (χ2n) is 6.61. The molecule has 4 rings (SSSR count). The molecule has 0 aliphatic rings. The number of aromatic nitrogens is 5. The summed E-state index contributed by atoms with van der Waals surface area (Å²) in [6, 6.07) is 6.86. The fraction of sp³-hybridized carbons (Fsp3) is 0.100. The van der Waals surface area contributed by atoms with Crippen molar-refractivity contribution in [2.45, 2.75) is 6.42 Å². The van der Waals surface area contributed by atoms with E-state index in [-0.39, 0.29) is 47.5 Å². The molecule has 3 aromatic heterocycles. The molecule has 0 fully saturated rings. The molecule has 1 aromatic carbocycles. The van der Waals surface area contributed by atoms with E-state index in [0.717, 1.165) is 16.7 Å². The maximum Gasteiger partial charge on any atom is 0.269 e. The van der Waals surface area contributed by atoms with Gasteiger partial charge in [-0.2, -0.15) is 15.2 Å². The van der Waals surface area contributed by atoms with Gasteiger partial charge in [0, 0.05) is 19.2 Å². The standard InChI is InChI=1S/C20H15F2N9O/c21-12-3-4-13(22)16-15(12)19(32)31(10-2-1-6-26-9-10)14(28-16)5-7-27-18-11(8-23)17(24)29-20(25)30-18/h1-4,6,9H,5,7H2,(H5,24,25,27,29,30). The minimum atomic E-state index is -0.883. The van der Waals surface area contributed by atoms with Gasteiger partial charge < -0.3 is 16.8 Å². The summed E-state index contributed by atoms with van der Waals surface area (Å²) in [4.78, 5) is 29.0. The molecule has 0 bridgehead atoms. The van der Waals surface area contributed by atoms with E-state index in [0.29, 0.717) is 5.69 Å². The first-order valence-corrected chi connectivity index (χ1v) is 9.27. The number of anilines is 3. The Labute approximate surface area is 179 Å². The summed E-state index contributed by atoms with van der Waals surface area (Å²) >= 11 is 0. The highest BCUT2D eigenvalue weighted by atomic mass is 19.1. The van der Waals surface area contributed by atoms with Crippen molar-refractivity contribution in [2.24, 2.45) is 0 Å². The van der Waals surface area contributed by atoms with E-state index in [1.807, 2.05) is 6.07 Å². The number of nitrogens with zero attached hydrogens (tertiary/aromatic N) is 6. The molecule has 0 spiro atoms. The van der Waals surface area contributed by atoms with Crippen LogP contribution >= 0.6 is 0 Å². The van der Waals surface area contributed by atoms with Crippen molar-refractivity contribution in [2.75, 3.05) is 23.3 Å². The van der Waals surface area contributed by atoms with Crippen molar-refractivity contribution in [1.82, 2.24) is 24.5 Å². The van der Waals surface area contributed by atoms with Crippen molar-refractivity contribution >= 4 is 28.5 Å². The number of rotatable bonds is 5. The zero-order valence-corrected chi connectivity index (χ0v) is 16.4. The number of nitrogens with one attached hydrogen (secondary N) is 1. The number of nitriles is 1. The molecule has 12 heteroatoms. The Morgan fingerprint density at radius 3 is 2.62 bits per heavy atom. The van der Waals surface area contributed by atoms with Crippen LogP contribution in [0, 0.1) is 23.0 Å². The molecule has 0 saturated carbocycles. The van der Waals surface area contributed by atoms with Gasteiger partial charge in [-0.05, 0) is 24.3 Å². The van der Waals surface area contributed by atoms with Gasteiger partial charge in [-0.3, -0.25) is 14.3 Å². The van der Waals surface area contributed by atoms with E-state index in [1.54, 1.807) is 12.1 Å². The highest BCUT2D eigenvalue weighted by Crippen LogP contribution is 2.20. The van der Waals surface area contributed by atoms with Crippen LogP contribution in [0.5, 0.6) is 0 Å². The first-order chi connectivity index (χ1) is 15.4. The van der Waals surface area contributed by atoms with E-state index in [4.69, 9.17) is 11.5 Å². The van der Waals surface area contributed by atoms with Crippen LogP contribution in [0.3, 0.4) is 0 Å². The van der Waals surface area contributed by atoms with Crippen LogP contribution in [-0.2, 0) is 6.42 Å². The number of nitrogens with two attached hydrogens (primary N) is 2. The summed E-state index contributed by atoms with van der Waals surface area (Å²) in [7, 11) is 0. The largest absolute Gasteiger partial charge is 0.382 e. The van der Waals surface area contributed by atoms with Gasteiger partial charge in [0.15, 0.2) is 5.82 Å². The normalized spacial score (nSPS) is 10.8. The maximum atomic E-state index is 14.4. The molecule has 32 heavy (non-hydrogen) atoms. The zero-order valence-electron chi connectivity index (χ0n) is 16.4. The average Bonchev–Trinajstić information content (AvgIpc) is 2.76. The topological polar surface area (TPSA) is 161 Å². The molecule has 10 nitrogen and oxygen atoms in total. The van der Waals surface area contributed by atoms with E-state index in [1.165, 1.54) is 12.4 Å². The average molecular weight is 435 g/mol. The summed E-state index contributed by atoms with van der Waals surface area (Å²) in [5.41, 5.74) is 10.5. The highest BCUT2D eigenvalue weighted by Gasteiger charge is 2.19. The second-order valence-corrected chi connectivity index (χ2v) is 6.61. The Hall–Kier alpha value is -4.66. The lowest BCUT2D eigenvalue weighted by atomic mass is 10.2. The molecule has 0 aliphatic heterocycles. The Morgan fingerprint density at radius 1 is 1.12 bits per heavy atom. The molecular formula is C20H15F2N9O. The van der Waals surface area contributed by atoms with Crippen molar-refractivity contribution < 1.29 is 8.78 Å². The lowest BCUT2D eigenvalue weighted by Gasteiger charge is -2.15. The first kappa shape index (κ1) is 20.6. The number of nitrogen functional groups attached to an aromatic ring is 2. The quantitative estimate of drug-likeness (QED) is 0.422. The SMILES string of the molecule is N#Cc1c(N)nc(N)nc1NCCc1nc2c(F)ccc(F)c2c(=O)n1-c1cccnc1. The van der Waals surface area contributed by atoms with Crippen LogP contribution in [-0.4, -0.2) is 31.0 Å². The molecule has 0 atom stereocenters. The van der Waals surface area contributed by atoms with Crippen LogP contribution in [0.4, 0.5) is 26.4 Å². The molecule has 0 amide bonds. The maximum absolute atomic E-state index is 14.4. The summed E-state index contributed by atoms with van der Waals surface area (Å²) in [6.07, 6.45) is 2.99. The number of hydrogen-bond donors (Lipinski definition) is 3. The van der Waals surface area contributed by atoms with Gasteiger partial charge >= 0.3 is 0 Å². The lowest BCUT2D eigenvalue weighted by Crippen LogP contribution is -2.26. The number of benzene rings is 1.